The Balaban J connectivity index is 2.12. The Morgan fingerprint density at radius 2 is 2.10 bits per heavy atom. The first kappa shape index (κ1) is 16.1. The lowest BCUT2D eigenvalue weighted by Crippen LogP contribution is -2.17. The summed E-state index contributed by atoms with van der Waals surface area (Å²) in [6.07, 6.45) is -4.70. The van der Waals surface area contributed by atoms with E-state index in [-0.39, 0.29) is 16.3 Å². The van der Waals surface area contributed by atoms with Gasteiger partial charge in [-0.25, -0.2) is 4.98 Å². The van der Waals surface area contributed by atoms with E-state index in [9.17, 15) is 13.2 Å². The first-order valence-electron chi connectivity index (χ1n) is 5.98. The molecule has 1 heterocycles. The van der Waals surface area contributed by atoms with Gasteiger partial charge >= 0.3 is 6.36 Å². The highest BCUT2D eigenvalue weighted by Crippen LogP contribution is 2.34. The van der Waals surface area contributed by atoms with E-state index < -0.39 is 6.36 Å². The van der Waals surface area contributed by atoms with Crippen LogP contribution in [0.25, 0.3) is 0 Å². The Morgan fingerprint density at radius 3 is 2.62 bits per heavy atom. The Morgan fingerprint density at radius 1 is 1.38 bits per heavy atom. The predicted molar refractivity (Wildman–Crippen MR) is 79.7 cm³/mol. The van der Waals surface area contributed by atoms with Crippen LogP contribution < -0.4 is 10.1 Å². The van der Waals surface area contributed by atoms with Crippen LogP contribution in [-0.4, -0.2) is 11.3 Å². The van der Waals surface area contributed by atoms with Crippen LogP contribution in [0.4, 0.5) is 18.9 Å². The van der Waals surface area contributed by atoms with Crippen molar-refractivity contribution < 1.29 is 17.9 Å². The predicted octanol–water partition coefficient (Wildman–Crippen LogP) is 5.29. The fraction of sp³-hybridized carbons (Fsp3) is 0.308. The average Bonchev–Trinajstić information content (AvgIpc) is 2.77. The van der Waals surface area contributed by atoms with Crippen molar-refractivity contribution in [1.82, 2.24) is 4.98 Å². The number of anilines is 1. The van der Waals surface area contributed by atoms with Crippen molar-refractivity contribution in [2.24, 2.45) is 0 Å². The molecule has 1 unspecified atom stereocenters. The van der Waals surface area contributed by atoms with Crippen molar-refractivity contribution in [2.45, 2.75) is 26.3 Å². The molecule has 8 heteroatoms. The molecule has 1 aromatic carbocycles. The van der Waals surface area contributed by atoms with Gasteiger partial charge in [0.1, 0.15) is 5.75 Å². The number of aromatic nitrogens is 1. The van der Waals surface area contributed by atoms with E-state index >= 15 is 0 Å². The number of nitrogens with zero attached hydrogens (tertiary/aromatic N) is 1. The molecule has 1 atom stereocenters. The quantitative estimate of drug-likeness (QED) is 0.782. The smallest absolute Gasteiger partial charge is 0.405 e. The Hall–Kier alpha value is -1.28. The number of thiazole rings is 1. The molecule has 3 nitrogen and oxygen atoms in total. The Bertz CT molecular complexity index is 630. The van der Waals surface area contributed by atoms with Crippen LogP contribution in [0.2, 0.25) is 0 Å². The minimum Gasteiger partial charge on any atom is -0.405 e. The van der Waals surface area contributed by atoms with Gasteiger partial charge in [-0.15, -0.1) is 24.5 Å². The lowest BCUT2D eigenvalue weighted by Gasteiger charge is -2.16. The second kappa shape index (κ2) is 6.23. The van der Waals surface area contributed by atoms with Gasteiger partial charge < -0.3 is 10.1 Å². The van der Waals surface area contributed by atoms with Gasteiger partial charge in [-0.3, -0.25) is 0 Å². The van der Waals surface area contributed by atoms with Crippen molar-refractivity contribution in [1.29, 1.82) is 0 Å². The molecule has 21 heavy (non-hydrogen) atoms. The zero-order chi connectivity index (χ0) is 15.6. The summed E-state index contributed by atoms with van der Waals surface area (Å²) in [4.78, 5) is 5.26. The lowest BCUT2D eigenvalue weighted by molar-refractivity contribution is -0.274. The van der Waals surface area contributed by atoms with E-state index in [2.05, 4.69) is 31.0 Å². The van der Waals surface area contributed by atoms with Crippen LogP contribution >= 0.6 is 27.3 Å². The minimum absolute atomic E-state index is 0.0128. The summed E-state index contributed by atoms with van der Waals surface area (Å²) in [6.45, 7) is 3.88. The maximum absolute atomic E-state index is 12.2. The van der Waals surface area contributed by atoms with Crippen molar-refractivity contribution in [3.05, 3.63) is 38.8 Å². The zero-order valence-electron chi connectivity index (χ0n) is 11.2. The molecule has 0 bridgehead atoms. The summed E-state index contributed by atoms with van der Waals surface area (Å²) in [6, 6.07) is 4.37. The number of rotatable bonds is 4. The molecule has 0 fully saturated rings. The molecule has 1 aromatic heterocycles. The Kier molecular flexibility index (Phi) is 4.77. The van der Waals surface area contributed by atoms with Crippen LogP contribution in [0.1, 0.15) is 23.5 Å². The summed E-state index contributed by atoms with van der Waals surface area (Å²) >= 11 is 4.61. The molecular formula is C13H12BrF3N2OS. The van der Waals surface area contributed by atoms with E-state index in [1.54, 1.807) is 17.6 Å². The summed E-state index contributed by atoms with van der Waals surface area (Å²) in [5.74, 6) is -0.269. The minimum atomic E-state index is -4.70. The summed E-state index contributed by atoms with van der Waals surface area (Å²) in [5, 5.41) is 3.22. The number of benzene rings is 1. The molecule has 0 spiro atoms. The van der Waals surface area contributed by atoms with Crippen molar-refractivity contribution in [2.75, 3.05) is 5.32 Å². The molecule has 1 N–H and O–H groups in total. The van der Waals surface area contributed by atoms with E-state index in [0.717, 1.165) is 10.6 Å². The lowest BCUT2D eigenvalue weighted by atomic mass is 10.2. The van der Waals surface area contributed by atoms with Crippen molar-refractivity contribution >= 4 is 33.0 Å². The maximum Gasteiger partial charge on any atom is 0.573 e. The summed E-state index contributed by atoms with van der Waals surface area (Å²) in [5.41, 5.74) is 3.40. The molecule has 2 rings (SSSR count). The van der Waals surface area contributed by atoms with E-state index in [1.807, 2.05) is 13.8 Å². The van der Waals surface area contributed by atoms with Gasteiger partial charge in [0.05, 0.1) is 21.7 Å². The molecule has 0 aliphatic heterocycles. The van der Waals surface area contributed by atoms with Gasteiger partial charge in [0, 0.05) is 10.6 Å². The molecule has 0 radical (unpaired) electrons. The standard InChI is InChI=1S/C13H12BrF3N2OS/c1-7-12(21-6-18-7)8(2)19-9-3-4-11(10(14)5-9)20-13(15,16)17/h3-6,8,19H,1-2H3. The van der Waals surface area contributed by atoms with Gasteiger partial charge in [0.15, 0.2) is 0 Å². The van der Waals surface area contributed by atoms with Crippen molar-refractivity contribution in [3.8, 4) is 5.75 Å². The number of alkyl halides is 3. The largest absolute Gasteiger partial charge is 0.573 e. The second-order valence-corrected chi connectivity index (χ2v) is 6.10. The maximum atomic E-state index is 12.2. The molecular weight excluding hydrogens is 369 g/mol. The SMILES string of the molecule is Cc1ncsc1C(C)Nc1ccc(OC(F)(F)F)c(Br)c1. The number of hydrogen-bond acceptors (Lipinski definition) is 4. The number of aryl methyl sites for hydroxylation is 1. The molecule has 0 amide bonds. The fourth-order valence-electron chi connectivity index (χ4n) is 1.84. The van der Waals surface area contributed by atoms with Gasteiger partial charge in [-0.1, -0.05) is 0 Å². The van der Waals surface area contributed by atoms with Crippen LogP contribution in [0.15, 0.2) is 28.2 Å². The molecule has 114 valence electrons. The average molecular weight is 381 g/mol. The third kappa shape index (κ3) is 4.34. The van der Waals surface area contributed by atoms with Gasteiger partial charge in [-0.2, -0.15) is 0 Å². The third-order valence-corrected chi connectivity index (χ3v) is 4.45. The number of hydrogen-bond donors (Lipinski definition) is 1. The first-order valence-corrected chi connectivity index (χ1v) is 7.65. The van der Waals surface area contributed by atoms with Crippen LogP contribution in [-0.2, 0) is 0 Å². The normalized spacial score (nSPS) is 13.0. The van der Waals surface area contributed by atoms with Crippen LogP contribution in [0.5, 0.6) is 5.75 Å². The molecule has 0 saturated carbocycles. The van der Waals surface area contributed by atoms with Crippen LogP contribution in [0, 0.1) is 6.92 Å². The molecule has 0 saturated heterocycles. The summed E-state index contributed by atoms with van der Waals surface area (Å²) < 4.78 is 40.7. The zero-order valence-corrected chi connectivity index (χ0v) is 13.6. The third-order valence-electron chi connectivity index (χ3n) is 2.72. The first-order chi connectivity index (χ1) is 9.76. The number of ether oxygens (including phenoxy) is 1. The highest BCUT2D eigenvalue weighted by atomic mass is 79.9. The second-order valence-electron chi connectivity index (χ2n) is 4.36. The summed E-state index contributed by atoms with van der Waals surface area (Å²) in [7, 11) is 0. The number of nitrogens with one attached hydrogen (secondary N) is 1. The van der Waals surface area contributed by atoms with E-state index in [4.69, 9.17) is 0 Å². The Labute approximate surface area is 132 Å². The molecule has 2 aromatic rings. The fourth-order valence-corrected chi connectivity index (χ4v) is 3.11. The highest BCUT2D eigenvalue weighted by molar-refractivity contribution is 9.10. The monoisotopic (exact) mass is 380 g/mol. The highest BCUT2D eigenvalue weighted by Gasteiger charge is 2.32. The number of halogens is 4. The van der Waals surface area contributed by atoms with Crippen molar-refractivity contribution in [3.63, 3.8) is 0 Å². The van der Waals surface area contributed by atoms with Crippen LogP contribution in [0.3, 0.4) is 0 Å². The topological polar surface area (TPSA) is 34.2 Å². The van der Waals surface area contributed by atoms with Gasteiger partial charge in [0.2, 0.25) is 0 Å². The van der Waals surface area contributed by atoms with Gasteiger partial charge in [-0.05, 0) is 48.0 Å². The molecule has 0 aliphatic rings. The van der Waals surface area contributed by atoms with E-state index in [0.29, 0.717) is 5.69 Å². The molecule has 0 aliphatic carbocycles. The van der Waals surface area contributed by atoms with Gasteiger partial charge in [0.25, 0.3) is 0 Å². The van der Waals surface area contributed by atoms with E-state index in [1.165, 1.54) is 17.4 Å².